The molecule has 6 heteroatoms. The zero-order valence-corrected chi connectivity index (χ0v) is 15.7. The Bertz CT molecular complexity index is 1060. The quantitative estimate of drug-likeness (QED) is 0.578. The largest absolute Gasteiger partial charge is 0.465 e. The maximum atomic E-state index is 14.0. The topological polar surface area (TPSA) is 51.5 Å². The Hall–Kier alpha value is -3.41. The monoisotopic (exact) mass is 392 g/mol. The summed E-state index contributed by atoms with van der Waals surface area (Å²) in [5.41, 5.74) is 3.43. The molecule has 1 aliphatic rings. The van der Waals surface area contributed by atoms with Gasteiger partial charge in [-0.3, -0.25) is 9.98 Å². The van der Waals surface area contributed by atoms with Crippen molar-refractivity contribution in [3.63, 3.8) is 0 Å². The highest BCUT2D eigenvalue weighted by molar-refractivity contribution is 6.02. The summed E-state index contributed by atoms with van der Waals surface area (Å²) >= 11 is 0. The zero-order chi connectivity index (χ0) is 20.4. The van der Waals surface area contributed by atoms with Crippen molar-refractivity contribution in [2.24, 2.45) is 4.99 Å². The molecule has 0 spiro atoms. The Labute approximate surface area is 166 Å². The molecule has 1 aliphatic heterocycles. The molecule has 29 heavy (non-hydrogen) atoms. The van der Waals surface area contributed by atoms with Crippen LogP contribution in [0.15, 0.2) is 65.8 Å². The van der Waals surface area contributed by atoms with E-state index in [0.717, 1.165) is 16.8 Å². The lowest BCUT2D eigenvalue weighted by Crippen LogP contribution is -2.03. The minimum Gasteiger partial charge on any atom is -0.465 e. The van der Waals surface area contributed by atoms with Crippen LogP contribution in [0.2, 0.25) is 0 Å². The predicted octanol–water partition coefficient (Wildman–Crippen LogP) is 5.14. The summed E-state index contributed by atoms with van der Waals surface area (Å²) in [6.45, 7) is 0. The van der Waals surface area contributed by atoms with Crippen LogP contribution in [0, 0.1) is 11.6 Å². The molecule has 0 amide bonds. The van der Waals surface area contributed by atoms with Gasteiger partial charge in [-0.25, -0.2) is 13.6 Å². The molecule has 146 valence electrons. The van der Waals surface area contributed by atoms with E-state index in [-0.39, 0.29) is 11.6 Å². The predicted molar refractivity (Wildman–Crippen MR) is 106 cm³/mol. The van der Waals surface area contributed by atoms with Crippen molar-refractivity contribution in [1.29, 1.82) is 0 Å². The van der Waals surface area contributed by atoms with Gasteiger partial charge >= 0.3 is 5.97 Å². The lowest BCUT2D eigenvalue weighted by Gasteiger charge is -2.08. The second kappa shape index (κ2) is 7.91. The van der Waals surface area contributed by atoms with E-state index in [1.54, 1.807) is 12.1 Å². The molecule has 0 radical (unpaired) electrons. The fourth-order valence-corrected chi connectivity index (χ4v) is 3.47. The first-order valence-corrected chi connectivity index (χ1v) is 9.22. The van der Waals surface area contributed by atoms with Gasteiger partial charge < -0.3 is 4.74 Å². The van der Waals surface area contributed by atoms with Gasteiger partial charge in [0.05, 0.1) is 30.0 Å². The summed E-state index contributed by atoms with van der Waals surface area (Å²) in [7, 11) is 1.33. The summed E-state index contributed by atoms with van der Waals surface area (Å²) in [6.07, 6.45) is 2.71. The molecule has 1 atom stereocenters. The molecule has 2 aromatic carbocycles. The highest BCUT2D eigenvalue weighted by atomic mass is 19.1. The first kappa shape index (κ1) is 18.9. The van der Waals surface area contributed by atoms with Gasteiger partial charge in [-0.05, 0) is 42.7 Å². The van der Waals surface area contributed by atoms with Crippen LogP contribution in [-0.4, -0.2) is 23.8 Å². The summed E-state index contributed by atoms with van der Waals surface area (Å²) in [5.74, 6) is -1.59. The van der Waals surface area contributed by atoms with Crippen molar-refractivity contribution in [2.75, 3.05) is 7.11 Å². The molecule has 0 bridgehead atoms. The van der Waals surface area contributed by atoms with E-state index in [1.165, 1.54) is 31.5 Å². The number of esters is 1. The second-order valence-electron chi connectivity index (χ2n) is 6.77. The Morgan fingerprint density at radius 1 is 1.03 bits per heavy atom. The first-order valence-electron chi connectivity index (χ1n) is 9.22. The molecule has 0 N–H and O–H groups in total. The summed E-state index contributed by atoms with van der Waals surface area (Å²) in [4.78, 5) is 20.4. The van der Waals surface area contributed by atoms with Crippen LogP contribution in [0.25, 0.3) is 11.3 Å². The number of benzene rings is 2. The molecule has 0 fully saturated rings. The average Bonchev–Trinajstić information content (AvgIpc) is 3.23. The van der Waals surface area contributed by atoms with Crippen molar-refractivity contribution in [3.8, 4) is 11.3 Å². The molecule has 4 nitrogen and oxygen atoms in total. The number of nitrogens with zero attached hydrogens (tertiary/aromatic N) is 2. The van der Waals surface area contributed by atoms with E-state index in [2.05, 4.69) is 14.7 Å². The number of carbonyl (C=O) groups is 1. The third-order valence-electron chi connectivity index (χ3n) is 4.99. The average molecular weight is 392 g/mol. The number of aliphatic imine (C=N–C) groups is 1. The number of carbonyl (C=O) groups excluding carboxylic acids is 1. The van der Waals surface area contributed by atoms with E-state index in [1.807, 2.05) is 24.3 Å². The van der Waals surface area contributed by atoms with Crippen molar-refractivity contribution in [2.45, 2.75) is 18.9 Å². The zero-order valence-electron chi connectivity index (χ0n) is 15.7. The van der Waals surface area contributed by atoms with Crippen molar-refractivity contribution in [1.82, 2.24) is 4.98 Å². The Kier molecular flexibility index (Phi) is 5.16. The number of hydrogen-bond donors (Lipinski definition) is 0. The summed E-state index contributed by atoms with van der Waals surface area (Å²) < 4.78 is 32.7. The molecule has 0 aliphatic carbocycles. The SMILES string of the molecule is COC(=O)c1ccc(-c2ccc(C3CCC(c4c(F)cccc4F)=N3)cc2)nc1. The van der Waals surface area contributed by atoms with Gasteiger partial charge in [0, 0.05) is 17.5 Å². The molecule has 1 unspecified atom stereocenters. The molecule has 1 aromatic heterocycles. The van der Waals surface area contributed by atoms with Gasteiger partial charge in [-0.1, -0.05) is 30.3 Å². The Morgan fingerprint density at radius 2 is 1.76 bits per heavy atom. The molecule has 2 heterocycles. The molecule has 4 rings (SSSR count). The Morgan fingerprint density at radius 3 is 2.38 bits per heavy atom. The first-order chi connectivity index (χ1) is 14.1. The maximum Gasteiger partial charge on any atom is 0.339 e. The van der Waals surface area contributed by atoms with Gasteiger partial charge in [-0.15, -0.1) is 0 Å². The standard InChI is InChI=1S/C23H18F2N2O2/c1-29-23(28)16-9-10-19(26-13-16)14-5-7-15(8-6-14)20-11-12-21(27-20)22-17(24)3-2-4-18(22)25/h2-10,13,20H,11-12H2,1H3. The molecule has 0 saturated carbocycles. The molecular weight excluding hydrogens is 374 g/mol. The number of pyridine rings is 1. The lowest BCUT2D eigenvalue weighted by molar-refractivity contribution is 0.0600. The highest BCUT2D eigenvalue weighted by Crippen LogP contribution is 2.33. The van der Waals surface area contributed by atoms with Gasteiger partial charge in [0.15, 0.2) is 0 Å². The van der Waals surface area contributed by atoms with Gasteiger partial charge in [-0.2, -0.15) is 0 Å². The second-order valence-corrected chi connectivity index (χ2v) is 6.77. The van der Waals surface area contributed by atoms with Crippen molar-refractivity contribution in [3.05, 3.63) is 89.1 Å². The Balaban J connectivity index is 1.54. The van der Waals surface area contributed by atoms with E-state index >= 15 is 0 Å². The number of ether oxygens (including phenoxy) is 1. The minimum atomic E-state index is -0.582. The normalized spacial score (nSPS) is 15.8. The maximum absolute atomic E-state index is 14.0. The smallest absolute Gasteiger partial charge is 0.339 e. The van der Waals surface area contributed by atoms with E-state index < -0.39 is 17.6 Å². The fraction of sp³-hybridized carbons (Fsp3) is 0.174. The van der Waals surface area contributed by atoms with Gasteiger partial charge in [0.2, 0.25) is 0 Å². The fourth-order valence-electron chi connectivity index (χ4n) is 3.47. The third-order valence-corrected chi connectivity index (χ3v) is 4.99. The van der Waals surface area contributed by atoms with Crippen LogP contribution >= 0.6 is 0 Å². The molecular formula is C23H18F2N2O2. The number of rotatable bonds is 4. The minimum absolute atomic E-state index is 0.0264. The third kappa shape index (κ3) is 3.78. The van der Waals surface area contributed by atoms with Gasteiger partial charge in [0.1, 0.15) is 11.6 Å². The van der Waals surface area contributed by atoms with Crippen LogP contribution in [-0.2, 0) is 4.74 Å². The number of aromatic nitrogens is 1. The van der Waals surface area contributed by atoms with Crippen LogP contribution < -0.4 is 0 Å². The van der Waals surface area contributed by atoms with Crippen LogP contribution in [0.5, 0.6) is 0 Å². The van der Waals surface area contributed by atoms with Crippen LogP contribution in [0.3, 0.4) is 0 Å². The summed E-state index contributed by atoms with van der Waals surface area (Å²) in [5, 5.41) is 0. The highest BCUT2D eigenvalue weighted by Gasteiger charge is 2.24. The van der Waals surface area contributed by atoms with Gasteiger partial charge in [0.25, 0.3) is 0 Å². The van der Waals surface area contributed by atoms with E-state index in [0.29, 0.717) is 24.1 Å². The summed E-state index contributed by atoms with van der Waals surface area (Å²) in [6, 6.07) is 14.9. The van der Waals surface area contributed by atoms with E-state index in [9.17, 15) is 13.6 Å². The van der Waals surface area contributed by atoms with Crippen LogP contribution in [0.4, 0.5) is 8.78 Å². The number of methoxy groups -OCH3 is 1. The van der Waals surface area contributed by atoms with E-state index in [4.69, 9.17) is 0 Å². The van der Waals surface area contributed by atoms with Crippen molar-refractivity contribution >= 4 is 11.7 Å². The molecule has 3 aromatic rings. The number of halogens is 2. The van der Waals surface area contributed by atoms with Crippen LogP contribution in [0.1, 0.15) is 40.4 Å². The lowest BCUT2D eigenvalue weighted by atomic mass is 10.0. The van der Waals surface area contributed by atoms with Crippen molar-refractivity contribution < 1.29 is 18.3 Å². The molecule has 0 saturated heterocycles. The number of hydrogen-bond acceptors (Lipinski definition) is 4.